The van der Waals surface area contributed by atoms with Crippen molar-refractivity contribution in [3.63, 3.8) is 0 Å². The molecule has 0 bridgehead atoms. The van der Waals surface area contributed by atoms with Crippen LogP contribution in [-0.4, -0.2) is 25.7 Å². The van der Waals surface area contributed by atoms with Crippen LogP contribution in [0.4, 0.5) is 0 Å². The molecule has 4 nitrogen and oxygen atoms in total. The van der Waals surface area contributed by atoms with Gasteiger partial charge in [-0.15, -0.1) is 12.3 Å². The molecule has 0 atom stereocenters. The highest BCUT2D eigenvalue weighted by Crippen LogP contribution is 1.96. The molecule has 0 aromatic carbocycles. The van der Waals surface area contributed by atoms with E-state index in [0.29, 0.717) is 6.61 Å². The Hall–Kier alpha value is -1.50. The monoisotopic (exact) mass is 228 g/mol. The minimum Gasteiger partial charge on any atom is -0.469 e. The summed E-state index contributed by atoms with van der Waals surface area (Å²) >= 11 is 0. The van der Waals surface area contributed by atoms with E-state index in [-0.39, 0.29) is 24.8 Å². The van der Waals surface area contributed by atoms with E-state index in [1.165, 1.54) is 7.11 Å². The van der Waals surface area contributed by atoms with E-state index in [1.54, 1.807) is 6.92 Å². The SMILES string of the molecule is C#CC.CCCCOC(=O)CCC(=O)OC. The molecule has 0 amide bonds. The molecule has 0 heterocycles. The van der Waals surface area contributed by atoms with Gasteiger partial charge in [-0.05, 0) is 13.3 Å². The molecule has 0 N–H and O–H groups in total. The second kappa shape index (κ2) is 13.5. The highest BCUT2D eigenvalue weighted by Gasteiger charge is 2.06. The summed E-state index contributed by atoms with van der Waals surface area (Å²) in [5.41, 5.74) is 0. The lowest BCUT2D eigenvalue weighted by molar-refractivity contribution is -0.149. The van der Waals surface area contributed by atoms with Crippen LogP contribution in [0.5, 0.6) is 0 Å². The molecule has 0 saturated carbocycles. The first kappa shape index (κ1) is 16.9. The van der Waals surface area contributed by atoms with Gasteiger partial charge in [-0.1, -0.05) is 13.3 Å². The number of hydrogen-bond donors (Lipinski definition) is 0. The number of rotatable bonds is 6. The Morgan fingerprint density at radius 1 is 1.25 bits per heavy atom. The van der Waals surface area contributed by atoms with Gasteiger partial charge in [0.25, 0.3) is 0 Å². The number of ether oxygens (including phenoxy) is 2. The van der Waals surface area contributed by atoms with E-state index in [9.17, 15) is 9.59 Å². The Kier molecular flexibility index (Phi) is 14.3. The van der Waals surface area contributed by atoms with Crippen LogP contribution < -0.4 is 0 Å². The molecule has 0 aliphatic carbocycles. The van der Waals surface area contributed by atoms with Crippen molar-refractivity contribution in [3.8, 4) is 12.3 Å². The zero-order chi connectivity index (χ0) is 12.8. The van der Waals surface area contributed by atoms with Crippen molar-refractivity contribution in [2.75, 3.05) is 13.7 Å². The molecule has 4 heteroatoms. The predicted octanol–water partition coefficient (Wildman–Crippen LogP) is 1.92. The summed E-state index contributed by atoms with van der Waals surface area (Å²) in [5, 5.41) is 0. The highest BCUT2D eigenvalue weighted by atomic mass is 16.5. The molecule has 0 fully saturated rings. The fraction of sp³-hybridized carbons (Fsp3) is 0.667. The molecule has 0 aromatic heterocycles. The summed E-state index contributed by atoms with van der Waals surface area (Å²) in [5.74, 6) is 1.53. The Labute approximate surface area is 97.3 Å². The standard InChI is InChI=1S/C9H16O4.C3H4/c1-3-4-7-13-9(11)6-5-8(10)12-2;1-3-2/h3-7H2,1-2H3;1H,2H3. The summed E-state index contributed by atoms with van der Waals surface area (Å²) in [4.78, 5) is 21.5. The van der Waals surface area contributed by atoms with Gasteiger partial charge in [0, 0.05) is 0 Å². The van der Waals surface area contributed by atoms with Crippen LogP contribution in [0.2, 0.25) is 0 Å². The van der Waals surface area contributed by atoms with Crippen LogP contribution in [0.3, 0.4) is 0 Å². The number of methoxy groups -OCH3 is 1. The quantitative estimate of drug-likeness (QED) is 0.396. The van der Waals surface area contributed by atoms with E-state index < -0.39 is 0 Å². The minimum absolute atomic E-state index is 0.0987. The lowest BCUT2D eigenvalue weighted by Crippen LogP contribution is -2.09. The van der Waals surface area contributed by atoms with Crippen molar-refractivity contribution in [3.05, 3.63) is 0 Å². The Morgan fingerprint density at radius 3 is 2.19 bits per heavy atom. The zero-order valence-electron chi connectivity index (χ0n) is 10.2. The van der Waals surface area contributed by atoms with Crippen molar-refractivity contribution >= 4 is 11.9 Å². The van der Waals surface area contributed by atoms with Gasteiger partial charge in [0.05, 0.1) is 26.6 Å². The topological polar surface area (TPSA) is 52.6 Å². The molecule has 0 spiro atoms. The molecule has 16 heavy (non-hydrogen) atoms. The maximum atomic E-state index is 10.9. The van der Waals surface area contributed by atoms with Gasteiger partial charge in [0.2, 0.25) is 0 Å². The molecule has 0 unspecified atom stereocenters. The summed E-state index contributed by atoms with van der Waals surface area (Å²) in [6, 6.07) is 0. The Bertz CT molecular complexity index is 228. The molecular formula is C12H20O4. The molecule has 0 aromatic rings. The smallest absolute Gasteiger partial charge is 0.306 e. The van der Waals surface area contributed by atoms with Crippen molar-refractivity contribution in [1.82, 2.24) is 0 Å². The zero-order valence-corrected chi connectivity index (χ0v) is 10.2. The molecule has 0 radical (unpaired) electrons. The third-order valence-corrected chi connectivity index (χ3v) is 1.52. The van der Waals surface area contributed by atoms with Crippen molar-refractivity contribution in [1.29, 1.82) is 0 Å². The third kappa shape index (κ3) is 15.0. The number of carbonyl (C=O) groups is 2. The average Bonchev–Trinajstić information content (AvgIpc) is 2.27. The summed E-state index contributed by atoms with van der Waals surface area (Å²) in [6.45, 7) is 4.11. The van der Waals surface area contributed by atoms with Gasteiger partial charge in [-0.2, -0.15) is 0 Å². The van der Waals surface area contributed by atoms with Crippen LogP contribution >= 0.6 is 0 Å². The lowest BCUT2D eigenvalue weighted by Gasteiger charge is -2.02. The first-order valence-corrected chi connectivity index (χ1v) is 5.22. The summed E-state index contributed by atoms with van der Waals surface area (Å²) in [7, 11) is 1.30. The number of hydrogen-bond acceptors (Lipinski definition) is 4. The second-order valence-electron chi connectivity index (χ2n) is 2.94. The van der Waals surface area contributed by atoms with E-state index >= 15 is 0 Å². The predicted molar refractivity (Wildman–Crippen MR) is 61.6 cm³/mol. The lowest BCUT2D eigenvalue weighted by atomic mass is 10.3. The normalized spacial score (nSPS) is 8.12. The molecule has 0 aliphatic heterocycles. The van der Waals surface area contributed by atoms with Gasteiger partial charge in [-0.25, -0.2) is 0 Å². The molecule has 92 valence electrons. The largest absolute Gasteiger partial charge is 0.469 e. The molecule has 0 aliphatic rings. The van der Waals surface area contributed by atoms with Gasteiger partial charge in [-0.3, -0.25) is 9.59 Å². The Morgan fingerprint density at radius 2 is 1.75 bits per heavy atom. The van der Waals surface area contributed by atoms with Crippen LogP contribution in [0.1, 0.15) is 39.5 Å². The van der Waals surface area contributed by atoms with Crippen LogP contribution in [0.25, 0.3) is 0 Å². The van der Waals surface area contributed by atoms with E-state index in [1.807, 2.05) is 6.92 Å². The summed E-state index contributed by atoms with van der Waals surface area (Å²) in [6.07, 6.45) is 6.66. The maximum Gasteiger partial charge on any atom is 0.306 e. The third-order valence-electron chi connectivity index (χ3n) is 1.52. The van der Waals surface area contributed by atoms with E-state index in [2.05, 4.69) is 17.1 Å². The van der Waals surface area contributed by atoms with Gasteiger partial charge < -0.3 is 9.47 Å². The first-order valence-electron chi connectivity index (χ1n) is 5.22. The van der Waals surface area contributed by atoms with Crippen LogP contribution in [-0.2, 0) is 19.1 Å². The van der Waals surface area contributed by atoms with Crippen LogP contribution in [0, 0.1) is 12.3 Å². The van der Waals surface area contributed by atoms with Gasteiger partial charge in [0.1, 0.15) is 0 Å². The number of unbranched alkanes of at least 4 members (excludes halogenated alkanes) is 1. The number of terminal acetylenes is 1. The van der Waals surface area contributed by atoms with E-state index in [0.717, 1.165) is 12.8 Å². The fourth-order valence-electron chi connectivity index (χ4n) is 0.709. The fourth-order valence-corrected chi connectivity index (χ4v) is 0.709. The number of carbonyl (C=O) groups excluding carboxylic acids is 2. The van der Waals surface area contributed by atoms with Crippen molar-refractivity contribution in [2.24, 2.45) is 0 Å². The van der Waals surface area contributed by atoms with Gasteiger partial charge >= 0.3 is 11.9 Å². The van der Waals surface area contributed by atoms with Crippen LogP contribution in [0.15, 0.2) is 0 Å². The Balaban J connectivity index is 0. The first-order chi connectivity index (χ1) is 7.62. The maximum absolute atomic E-state index is 10.9. The number of esters is 2. The minimum atomic E-state index is -0.382. The van der Waals surface area contributed by atoms with E-state index in [4.69, 9.17) is 4.74 Å². The average molecular weight is 228 g/mol. The van der Waals surface area contributed by atoms with Gasteiger partial charge in [0.15, 0.2) is 0 Å². The molecular weight excluding hydrogens is 208 g/mol. The van der Waals surface area contributed by atoms with Crippen molar-refractivity contribution < 1.29 is 19.1 Å². The highest BCUT2D eigenvalue weighted by molar-refractivity contribution is 5.77. The van der Waals surface area contributed by atoms with Crippen molar-refractivity contribution in [2.45, 2.75) is 39.5 Å². The molecule has 0 rings (SSSR count). The molecule has 0 saturated heterocycles. The second-order valence-corrected chi connectivity index (χ2v) is 2.94. The summed E-state index contributed by atoms with van der Waals surface area (Å²) < 4.78 is 9.21.